The molecule has 0 saturated carbocycles. The average molecular weight is 428 g/mol. The minimum absolute atomic E-state index is 0.220. The van der Waals surface area contributed by atoms with Gasteiger partial charge in [0.2, 0.25) is 0 Å². The average Bonchev–Trinajstić information content (AvgIpc) is 3.19. The predicted octanol–water partition coefficient (Wildman–Crippen LogP) is 4.79. The van der Waals surface area contributed by atoms with Crippen LogP contribution in [0.25, 0.3) is 0 Å². The molecular formula is C22H32F3N3O2. The lowest BCUT2D eigenvalue weighted by molar-refractivity contribution is -0.137. The highest BCUT2D eigenvalue weighted by Gasteiger charge is 2.32. The van der Waals surface area contributed by atoms with Gasteiger partial charge in [0.15, 0.2) is 0 Å². The van der Waals surface area contributed by atoms with Crippen LogP contribution in [0.3, 0.4) is 0 Å². The number of benzene rings is 1. The van der Waals surface area contributed by atoms with Crippen molar-refractivity contribution < 1.29 is 22.7 Å². The van der Waals surface area contributed by atoms with Gasteiger partial charge in [0.05, 0.1) is 5.56 Å². The van der Waals surface area contributed by atoms with Crippen LogP contribution < -0.4 is 10.2 Å². The Morgan fingerprint density at radius 1 is 1.10 bits per heavy atom. The zero-order chi connectivity index (χ0) is 21.9. The summed E-state index contributed by atoms with van der Waals surface area (Å²) in [5.41, 5.74) is 0.458. The molecule has 30 heavy (non-hydrogen) atoms. The summed E-state index contributed by atoms with van der Waals surface area (Å²) >= 11 is 0. The molecule has 0 radical (unpaired) electrons. The molecule has 8 heteroatoms. The van der Waals surface area contributed by atoms with E-state index in [0.717, 1.165) is 44.3 Å². The van der Waals surface area contributed by atoms with Gasteiger partial charge in [0, 0.05) is 44.5 Å². The molecular weight excluding hydrogens is 395 g/mol. The van der Waals surface area contributed by atoms with Gasteiger partial charge in [-0.2, -0.15) is 13.2 Å². The van der Waals surface area contributed by atoms with E-state index in [-0.39, 0.29) is 12.1 Å². The number of carbonyl (C=O) groups excluding carboxylic acids is 1. The van der Waals surface area contributed by atoms with Crippen LogP contribution >= 0.6 is 0 Å². The number of anilines is 1. The molecule has 2 heterocycles. The number of hydrogen-bond donors (Lipinski definition) is 1. The Labute approximate surface area is 176 Å². The summed E-state index contributed by atoms with van der Waals surface area (Å²) in [4.78, 5) is 16.0. The molecule has 0 aromatic heterocycles. The zero-order valence-corrected chi connectivity index (χ0v) is 18.0. The van der Waals surface area contributed by atoms with E-state index in [1.165, 1.54) is 12.1 Å². The molecule has 2 fully saturated rings. The second-order valence-corrected chi connectivity index (χ2v) is 9.16. The lowest BCUT2D eigenvalue weighted by atomic mass is 10.0. The molecule has 1 amide bonds. The summed E-state index contributed by atoms with van der Waals surface area (Å²) in [7, 11) is 0. The first kappa shape index (κ1) is 22.7. The van der Waals surface area contributed by atoms with E-state index in [2.05, 4.69) is 10.2 Å². The summed E-state index contributed by atoms with van der Waals surface area (Å²) in [6.07, 6.45) is -1.04. The Hall–Kier alpha value is -1.96. The topological polar surface area (TPSA) is 44.8 Å². The van der Waals surface area contributed by atoms with Crippen molar-refractivity contribution in [1.29, 1.82) is 0 Å². The maximum absolute atomic E-state index is 13.2. The lowest BCUT2D eigenvalue weighted by Crippen LogP contribution is -2.46. The summed E-state index contributed by atoms with van der Waals surface area (Å²) in [5.74, 6) is 0. The van der Waals surface area contributed by atoms with Gasteiger partial charge in [0.1, 0.15) is 5.60 Å². The van der Waals surface area contributed by atoms with Crippen LogP contribution in [-0.4, -0.2) is 48.8 Å². The monoisotopic (exact) mass is 427 g/mol. The van der Waals surface area contributed by atoms with Crippen LogP contribution in [0.15, 0.2) is 18.2 Å². The molecule has 0 atom stereocenters. The van der Waals surface area contributed by atoms with E-state index >= 15 is 0 Å². The number of nitrogens with one attached hydrogen (secondary N) is 1. The fraction of sp³-hybridized carbons (Fsp3) is 0.682. The normalized spacial score (nSPS) is 18.7. The number of likely N-dealkylation sites (tertiary alicyclic amines) is 1. The molecule has 2 saturated heterocycles. The molecule has 1 aromatic rings. The standard InChI is InChI=1S/C22H32F3N3O2/c1-21(2,3)30-20(29)28-12-8-18(9-13-28)26-15-16-6-7-17(22(23,24)25)14-19(16)27-10-4-5-11-27/h6-7,14,18,26H,4-5,8-13,15H2,1-3H3. The maximum atomic E-state index is 13.2. The van der Waals surface area contributed by atoms with Crippen LogP contribution in [-0.2, 0) is 17.5 Å². The second kappa shape index (κ2) is 9.04. The highest BCUT2D eigenvalue weighted by Crippen LogP contribution is 2.34. The van der Waals surface area contributed by atoms with Crippen molar-refractivity contribution in [3.05, 3.63) is 29.3 Å². The highest BCUT2D eigenvalue weighted by atomic mass is 19.4. The molecule has 0 spiro atoms. The SMILES string of the molecule is CC(C)(C)OC(=O)N1CCC(NCc2ccc(C(F)(F)F)cc2N2CCCC2)CC1. The first-order valence-electron chi connectivity index (χ1n) is 10.7. The van der Waals surface area contributed by atoms with Crippen molar-refractivity contribution >= 4 is 11.8 Å². The molecule has 1 N–H and O–H groups in total. The third-order valence-electron chi connectivity index (χ3n) is 5.59. The maximum Gasteiger partial charge on any atom is 0.416 e. The van der Waals surface area contributed by atoms with Gasteiger partial charge in [-0.05, 0) is 64.2 Å². The molecule has 5 nitrogen and oxygen atoms in total. The molecule has 1 aromatic carbocycles. The summed E-state index contributed by atoms with van der Waals surface area (Å²) in [6, 6.07) is 4.27. The van der Waals surface area contributed by atoms with Crippen LogP contribution in [0.2, 0.25) is 0 Å². The van der Waals surface area contributed by atoms with Gasteiger partial charge in [-0.15, -0.1) is 0 Å². The first-order chi connectivity index (χ1) is 14.0. The van der Waals surface area contributed by atoms with Crippen LogP contribution in [0.4, 0.5) is 23.7 Å². The van der Waals surface area contributed by atoms with Crippen molar-refractivity contribution in [1.82, 2.24) is 10.2 Å². The molecule has 0 aliphatic carbocycles. The third-order valence-corrected chi connectivity index (χ3v) is 5.59. The Balaban J connectivity index is 1.59. The number of nitrogens with zero attached hydrogens (tertiary/aromatic N) is 2. The first-order valence-corrected chi connectivity index (χ1v) is 10.7. The number of ether oxygens (including phenoxy) is 1. The fourth-order valence-corrected chi connectivity index (χ4v) is 3.99. The molecule has 3 rings (SSSR count). The number of carbonyl (C=O) groups is 1. The van der Waals surface area contributed by atoms with E-state index in [9.17, 15) is 18.0 Å². The van der Waals surface area contributed by atoms with Crippen molar-refractivity contribution in [2.24, 2.45) is 0 Å². The number of hydrogen-bond acceptors (Lipinski definition) is 4. The van der Waals surface area contributed by atoms with E-state index in [4.69, 9.17) is 4.74 Å². The minimum atomic E-state index is -4.34. The Bertz CT molecular complexity index is 732. The Morgan fingerprint density at radius 2 is 1.73 bits per heavy atom. The summed E-state index contributed by atoms with van der Waals surface area (Å²) in [6.45, 7) is 8.87. The molecule has 0 unspecified atom stereocenters. The van der Waals surface area contributed by atoms with Gasteiger partial charge in [-0.3, -0.25) is 0 Å². The van der Waals surface area contributed by atoms with E-state index < -0.39 is 17.3 Å². The molecule has 2 aliphatic heterocycles. The number of halogens is 3. The third kappa shape index (κ3) is 6.03. The van der Waals surface area contributed by atoms with Crippen molar-refractivity contribution in [2.75, 3.05) is 31.1 Å². The predicted molar refractivity (Wildman–Crippen MR) is 111 cm³/mol. The Morgan fingerprint density at radius 3 is 2.30 bits per heavy atom. The quantitative estimate of drug-likeness (QED) is 0.750. The number of alkyl halides is 3. The highest BCUT2D eigenvalue weighted by molar-refractivity contribution is 5.68. The van der Waals surface area contributed by atoms with Gasteiger partial charge in [-0.1, -0.05) is 6.07 Å². The van der Waals surface area contributed by atoms with Crippen molar-refractivity contribution in [2.45, 2.75) is 70.8 Å². The van der Waals surface area contributed by atoms with Crippen molar-refractivity contribution in [3.63, 3.8) is 0 Å². The zero-order valence-electron chi connectivity index (χ0n) is 18.0. The number of rotatable bonds is 4. The molecule has 0 bridgehead atoms. The molecule has 168 valence electrons. The van der Waals surface area contributed by atoms with Gasteiger partial charge in [-0.25, -0.2) is 4.79 Å². The van der Waals surface area contributed by atoms with E-state index in [1.54, 1.807) is 11.0 Å². The van der Waals surface area contributed by atoms with Crippen LogP contribution in [0.5, 0.6) is 0 Å². The Kier molecular flexibility index (Phi) is 6.84. The number of piperidine rings is 1. The van der Waals surface area contributed by atoms with Gasteiger partial charge in [0.25, 0.3) is 0 Å². The van der Waals surface area contributed by atoms with Gasteiger partial charge >= 0.3 is 12.3 Å². The summed E-state index contributed by atoms with van der Waals surface area (Å²) in [5, 5.41) is 3.48. The fourth-order valence-electron chi connectivity index (χ4n) is 3.99. The van der Waals surface area contributed by atoms with Gasteiger partial charge < -0.3 is 19.9 Å². The lowest BCUT2D eigenvalue weighted by Gasteiger charge is -2.34. The minimum Gasteiger partial charge on any atom is -0.444 e. The smallest absolute Gasteiger partial charge is 0.416 e. The molecule has 2 aliphatic rings. The van der Waals surface area contributed by atoms with Crippen molar-refractivity contribution in [3.8, 4) is 0 Å². The van der Waals surface area contributed by atoms with Crippen LogP contribution in [0, 0.1) is 0 Å². The van der Waals surface area contributed by atoms with E-state index in [1.807, 2.05) is 20.8 Å². The van der Waals surface area contributed by atoms with Crippen LogP contribution in [0.1, 0.15) is 57.6 Å². The summed E-state index contributed by atoms with van der Waals surface area (Å²) < 4.78 is 45.0. The van der Waals surface area contributed by atoms with E-state index in [0.29, 0.717) is 25.3 Å². The number of amides is 1. The second-order valence-electron chi connectivity index (χ2n) is 9.16. The largest absolute Gasteiger partial charge is 0.444 e.